The van der Waals surface area contributed by atoms with Crippen LogP contribution >= 0.6 is 11.6 Å². The Morgan fingerprint density at radius 1 is 1.48 bits per heavy atom. The Balaban J connectivity index is 2.10. The highest BCUT2D eigenvalue weighted by molar-refractivity contribution is 6.30. The minimum absolute atomic E-state index is 0.239. The number of benzene rings is 1. The number of nitrogens with one attached hydrogen (secondary N) is 1. The van der Waals surface area contributed by atoms with Crippen molar-refractivity contribution in [1.82, 2.24) is 5.32 Å². The van der Waals surface area contributed by atoms with E-state index in [4.69, 9.17) is 21.4 Å². The fraction of sp³-hybridized carbons (Fsp3) is 0.467. The zero-order chi connectivity index (χ0) is 15.5. The van der Waals surface area contributed by atoms with Gasteiger partial charge in [0.2, 0.25) is 5.91 Å². The van der Waals surface area contributed by atoms with E-state index < -0.39 is 17.4 Å². The van der Waals surface area contributed by atoms with Gasteiger partial charge in [-0.15, -0.1) is 0 Å². The predicted molar refractivity (Wildman–Crippen MR) is 78.4 cm³/mol. The van der Waals surface area contributed by atoms with Crippen LogP contribution in [-0.4, -0.2) is 36.7 Å². The molecule has 1 atom stereocenters. The average molecular weight is 312 g/mol. The lowest BCUT2D eigenvalue weighted by Crippen LogP contribution is -2.46. The molecule has 1 amide bonds. The maximum Gasteiger partial charge on any atom is 0.326 e. The van der Waals surface area contributed by atoms with Crippen molar-refractivity contribution in [3.8, 4) is 0 Å². The highest BCUT2D eigenvalue weighted by atomic mass is 35.5. The summed E-state index contributed by atoms with van der Waals surface area (Å²) in [6.45, 7) is 0.279. The molecular weight excluding hydrogens is 294 g/mol. The Labute approximate surface area is 128 Å². The molecule has 0 heterocycles. The van der Waals surface area contributed by atoms with E-state index in [1.165, 1.54) is 7.11 Å². The summed E-state index contributed by atoms with van der Waals surface area (Å²) in [6.07, 6.45) is 1.65. The van der Waals surface area contributed by atoms with Crippen LogP contribution < -0.4 is 5.32 Å². The molecule has 1 aromatic carbocycles. The Morgan fingerprint density at radius 3 is 2.71 bits per heavy atom. The van der Waals surface area contributed by atoms with Gasteiger partial charge in [-0.25, -0.2) is 4.79 Å². The molecule has 2 N–H and O–H groups in total. The zero-order valence-electron chi connectivity index (χ0n) is 11.8. The number of carbonyl (C=O) groups is 2. The first kappa shape index (κ1) is 15.8. The van der Waals surface area contributed by atoms with Crippen molar-refractivity contribution in [1.29, 1.82) is 0 Å². The highest BCUT2D eigenvalue weighted by Crippen LogP contribution is 2.48. The van der Waals surface area contributed by atoms with Crippen LogP contribution in [0.4, 0.5) is 0 Å². The summed E-state index contributed by atoms with van der Waals surface area (Å²) in [5.74, 6) is -1.31. The standard InChI is InChI=1S/C15H18ClNO4/c1-21-8-5-12(13(18)19)17-14(20)15(6-7-15)10-3-2-4-11(16)9-10/h2-4,9,12H,5-8H2,1H3,(H,17,20)(H,18,19). The summed E-state index contributed by atoms with van der Waals surface area (Å²) < 4.78 is 4.87. The van der Waals surface area contributed by atoms with E-state index >= 15 is 0 Å². The highest BCUT2D eigenvalue weighted by Gasteiger charge is 2.52. The van der Waals surface area contributed by atoms with Gasteiger partial charge in [-0.3, -0.25) is 4.79 Å². The summed E-state index contributed by atoms with van der Waals surface area (Å²) in [5.41, 5.74) is 0.203. The van der Waals surface area contributed by atoms with E-state index in [0.717, 1.165) is 5.56 Å². The van der Waals surface area contributed by atoms with E-state index in [9.17, 15) is 9.59 Å². The van der Waals surface area contributed by atoms with Gasteiger partial charge in [0.05, 0.1) is 5.41 Å². The van der Waals surface area contributed by atoms with E-state index in [-0.39, 0.29) is 18.9 Å². The molecule has 6 heteroatoms. The second-order valence-corrected chi connectivity index (χ2v) is 5.67. The number of carboxylic acid groups (broad SMARTS) is 1. The van der Waals surface area contributed by atoms with Gasteiger partial charge in [0, 0.05) is 25.2 Å². The molecule has 1 aromatic rings. The first-order chi connectivity index (χ1) is 9.99. The second kappa shape index (κ2) is 6.45. The van der Waals surface area contributed by atoms with Gasteiger partial charge >= 0.3 is 5.97 Å². The van der Waals surface area contributed by atoms with Gasteiger partial charge in [-0.2, -0.15) is 0 Å². The summed E-state index contributed by atoms with van der Waals surface area (Å²) in [6, 6.07) is 6.22. The Morgan fingerprint density at radius 2 is 2.19 bits per heavy atom. The first-order valence-electron chi connectivity index (χ1n) is 6.78. The lowest BCUT2D eigenvalue weighted by Gasteiger charge is -2.20. The van der Waals surface area contributed by atoms with Gasteiger partial charge in [0.1, 0.15) is 6.04 Å². The third-order valence-corrected chi connectivity index (χ3v) is 4.01. The van der Waals surface area contributed by atoms with Crippen LogP contribution in [0.25, 0.3) is 0 Å². The third-order valence-electron chi connectivity index (χ3n) is 3.78. The van der Waals surface area contributed by atoms with Crippen molar-refractivity contribution in [3.05, 3.63) is 34.9 Å². The molecule has 1 fully saturated rings. The number of carbonyl (C=O) groups excluding carboxylic acids is 1. The van der Waals surface area contributed by atoms with Crippen LogP contribution in [0.2, 0.25) is 5.02 Å². The summed E-state index contributed by atoms with van der Waals surface area (Å²) in [5, 5.41) is 12.3. The Bertz CT molecular complexity index is 542. The number of hydrogen-bond donors (Lipinski definition) is 2. The predicted octanol–water partition coefficient (Wildman–Crippen LogP) is 1.98. The number of amides is 1. The number of rotatable bonds is 7. The van der Waals surface area contributed by atoms with Crippen LogP contribution in [0.1, 0.15) is 24.8 Å². The lowest BCUT2D eigenvalue weighted by atomic mass is 9.94. The van der Waals surface area contributed by atoms with Crippen molar-refractivity contribution in [3.63, 3.8) is 0 Å². The summed E-state index contributed by atoms with van der Waals surface area (Å²) in [7, 11) is 1.50. The number of hydrogen-bond acceptors (Lipinski definition) is 3. The number of ether oxygens (including phenoxy) is 1. The number of halogens is 1. The maximum absolute atomic E-state index is 12.5. The van der Waals surface area contributed by atoms with Crippen molar-refractivity contribution >= 4 is 23.5 Å². The first-order valence-corrected chi connectivity index (χ1v) is 7.16. The minimum Gasteiger partial charge on any atom is -0.480 e. The molecule has 1 saturated carbocycles. The Hall–Kier alpha value is -1.59. The van der Waals surface area contributed by atoms with E-state index in [0.29, 0.717) is 17.9 Å². The van der Waals surface area contributed by atoms with Crippen LogP contribution in [0, 0.1) is 0 Å². The number of methoxy groups -OCH3 is 1. The molecule has 21 heavy (non-hydrogen) atoms. The lowest BCUT2D eigenvalue weighted by molar-refractivity contribution is -0.142. The molecule has 0 saturated heterocycles. The topological polar surface area (TPSA) is 75.6 Å². The smallest absolute Gasteiger partial charge is 0.326 e. The fourth-order valence-electron chi connectivity index (χ4n) is 2.35. The summed E-state index contributed by atoms with van der Waals surface area (Å²) in [4.78, 5) is 23.6. The minimum atomic E-state index is -1.05. The quantitative estimate of drug-likeness (QED) is 0.807. The van der Waals surface area contributed by atoms with Crippen LogP contribution in [0.3, 0.4) is 0 Å². The van der Waals surface area contributed by atoms with Gasteiger partial charge in [0.25, 0.3) is 0 Å². The zero-order valence-corrected chi connectivity index (χ0v) is 12.5. The van der Waals surface area contributed by atoms with Gasteiger partial charge in [0.15, 0.2) is 0 Å². The molecule has 0 bridgehead atoms. The molecule has 0 spiro atoms. The molecular formula is C15H18ClNO4. The summed E-state index contributed by atoms with van der Waals surface area (Å²) >= 11 is 5.97. The molecule has 1 aliphatic carbocycles. The van der Waals surface area contributed by atoms with Crippen LogP contribution in [0.15, 0.2) is 24.3 Å². The number of carboxylic acids is 1. The van der Waals surface area contributed by atoms with Crippen LogP contribution in [0.5, 0.6) is 0 Å². The maximum atomic E-state index is 12.5. The SMILES string of the molecule is COCCC(NC(=O)C1(c2cccc(Cl)c2)CC1)C(=O)O. The van der Waals surface area contributed by atoms with Crippen molar-refractivity contribution in [2.24, 2.45) is 0 Å². The Kier molecular flexibility index (Phi) is 4.85. The molecule has 0 radical (unpaired) electrons. The molecule has 0 aromatic heterocycles. The molecule has 2 rings (SSSR count). The van der Waals surface area contributed by atoms with E-state index in [1.54, 1.807) is 18.2 Å². The normalized spacial score (nSPS) is 17.0. The van der Waals surface area contributed by atoms with E-state index in [1.807, 2.05) is 6.07 Å². The van der Waals surface area contributed by atoms with Crippen LogP contribution in [-0.2, 0) is 19.7 Å². The molecule has 0 aliphatic heterocycles. The van der Waals surface area contributed by atoms with Crippen molar-refractivity contribution < 1.29 is 19.4 Å². The largest absolute Gasteiger partial charge is 0.480 e. The van der Waals surface area contributed by atoms with Crippen molar-refractivity contribution in [2.75, 3.05) is 13.7 Å². The van der Waals surface area contributed by atoms with Gasteiger partial charge < -0.3 is 15.2 Å². The fourth-order valence-corrected chi connectivity index (χ4v) is 2.54. The molecule has 114 valence electrons. The third kappa shape index (κ3) is 3.54. The molecule has 5 nitrogen and oxygen atoms in total. The van der Waals surface area contributed by atoms with Gasteiger partial charge in [-0.1, -0.05) is 23.7 Å². The number of aliphatic carboxylic acids is 1. The van der Waals surface area contributed by atoms with E-state index in [2.05, 4.69) is 5.32 Å². The molecule has 1 unspecified atom stereocenters. The monoisotopic (exact) mass is 311 g/mol. The van der Waals surface area contributed by atoms with Gasteiger partial charge in [-0.05, 0) is 30.5 Å². The second-order valence-electron chi connectivity index (χ2n) is 5.24. The molecule has 1 aliphatic rings. The van der Waals surface area contributed by atoms with Crippen molar-refractivity contribution in [2.45, 2.75) is 30.7 Å². The average Bonchev–Trinajstić information content (AvgIpc) is 3.24.